The van der Waals surface area contributed by atoms with Crippen molar-refractivity contribution in [3.05, 3.63) is 54.1 Å². The first-order valence-corrected chi connectivity index (χ1v) is 14.2. The summed E-state index contributed by atoms with van der Waals surface area (Å²) in [6.07, 6.45) is 13.8. The lowest BCUT2D eigenvalue weighted by molar-refractivity contribution is -0.123. The Bertz CT molecular complexity index is 1180. The number of benzene rings is 1. The SMILES string of the molecule is CCCC(C=O)NC.CN(c1ccc(C(C)(C)C)cc1)C(C(=O)NC1CCCCC1)c1cncc2[nH]cnc12. The summed E-state index contributed by atoms with van der Waals surface area (Å²) >= 11 is 0. The van der Waals surface area contributed by atoms with Gasteiger partial charge in [-0.3, -0.25) is 9.78 Å². The molecule has 1 aromatic carbocycles. The first kappa shape index (κ1) is 30.3. The number of hydrogen-bond donors (Lipinski definition) is 3. The van der Waals surface area contributed by atoms with Gasteiger partial charge in [0.25, 0.3) is 0 Å². The summed E-state index contributed by atoms with van der Waals surface area (Å²) in [4.78, 5) is 37.7. The second kappa shape index (κ2) is 14.2. The first-order valence-electron chi connectivity index (χ1n) is 14.2. The molecule has 1 aliphatic carbocycles. The minimum absolute atomic E-state index is 0.00611. The van der Waals surface area contributed by atoms with Crippen LogP contribution in [0.4, 0.5) is 5.69 Å². The third-order valence-corrected chi connectivity index (χ3v) is 7.52. The van der Waals surface area contributed by atoms with E-state index >= 15 is 0 Å². The minimum Gasteiger partial charge on any atom is -0.359 e. The van der Waals surface area contributed by atoms with Crippen molar-refractivity contribution >= 4 is 28.9 Å². The predicted octanol–water partition coefficient (Wildman–Crippen LogP) is 5.46. The van der Waals surface area contributed by atoms with E-state index in [4.69, 9.17) is 0 Å². The number of imidazole rings is 1. The molecule has 0 spiro atoms. The van der Waals surface area contributed by atoms with Crippen molar-refractivity contribution in [3.63, 3.8) is 0 Å². The molecule has 39 heavy (non-hydrogen) atoms. The summed E-state index contributed by atoms with van der Waals surface area (Å²) in [5, 5.41) is 6.20. The van der Waals surface area contributed by atoms with Gasteiger partial charge in [-0.1, -0.05) is 65.5 Å². The van der Waals surface area contributed by atoms with Gasteiger partial charge in [0, 0.05) is 30.5 Å². The average Bonchev–Trinajstić information content (AvgIpc) is 3.42. The average molecular weight is 535 g/mol. The van der Waals surface area contributed by atoms with E-state index in [1.807, 2.05) is 11.9 Å². The molecule has 212 valence electrons. The minimum atomic E-state index is -0.512. The van der Waals surface area contributed by atoms with Crippen LogP contribution in [0.1, 0.15) is 89.8 Å². The molecule has 4 rings (SSSR count). The van der Waals surface area contributed by atoms with E-state index in [1.165, 1.54) is 24.8 Å². The summed E-state index contributed by atoms with van der Waals surface area (Å²) in [7, 11) is 3.78. The standard InChI is InChI=1S/C25H33N5O.C6H13NO/c1-25(2,3)17-10-12-19(13-11-17)30(4)23(24(31)29-18-8-6-5-7-9-18)20-14-26-15-21-22(20)28-16-27-21;1-3-4-6(5-8)7-2/h10-16,18,23H,5-9H2,1-4H3,(H,27,28)(H,29,31);5-7H,3-4H2,1-2H3. The molecule has 0 bridgehead atoms. The highest BCUT2D eigenvalue weighted by Crippen LogP contribution is 2.32. The maximum absolute atomic E-state index is 13.6. The maximum atomic E-state index is 13.6. The molecular weight excluding hydrogens is 488 g/mol. The number of carbonyl (C=O) groups is 2. The second-order valence-corrected chi connectivity index (χ2v) is 11.5. The zero-order valence-electron chi connectivity index (χ0n) is 24.5. The number of likely N-dealkylation sites (N-methyl/N-ethyl adjacent to an activating group) is 2. The first-order chi connectivity index (χ1) is 18.7. The van der Waals surface area contributed by atoms with Crippen molar-refractivity contribution in [2.24, 2.45) is 0 Å². The van der Waals surface area contributed by atoms with E-state index in [1.54, 1.807) is 25.8 Å². The normalized spacial score (nSPS) is 15.6. The van der Waals surface area contributed by atoms with Gasteiger partial charge >= 0.3 is 0 Å². The molecule has 3 N–H and O–H groups in total. The van der Waals surface area contributed by atoms with E-state index < -0.39 is 6.04 Å². The fraction of sp³-hybridized carbons (Fsp3) is 0.548. The number of rotatable bonds is 9. The third kappa shape index (κ3) is 8.12. The van der Waals surface area contributed by atoms with Gasteiger partial charge in [-0.05, 0) is 49.4 Å². The number of fused-ring (bicyclic) bond motifs is 1. The van der Waals surface area contributed by atoms with Crippen LogP contribution in [-0.2, 0) is 15.0 Å². The number of aldehydes is 1. The lowest BCUT2D eigenvalue weighted by atomic mass is 9.87. The summed E-state index contributed by atoms with van der Waals surface area (Å²) in [5.41, 5.74) is 4.78. The number of H-pyrrole nitrogens is 1. The molecular formula is C31H46N6O2. The van der Waals surface area contributed by atoms with Gasteiger partial charge in [0.2, 0.25) is 5.91 Å². The molecule has 3 aromatic rings. The van der Waals surface area contributed by atoms with Gasteiger partial charge in [0.05, 0.1) is 29.6 Å². The Morgan fingerprint density at radius 3 is 2.41 bits per heavy atom. The number of pyridine rings is 1. The molecule has 2 heterocycles. The number of nitrogens with one attached hydrogen (secondary N) is 3. The Morgan fingerprint density at radius 1 is 1.15 bits per heavy atom. The molecule has 1 saturated carbocycles. The Kier molecular flexibility index (Phi) is 11.0. The molecule has 1 fully saturated rings. The lowest BCUT2D eigenvalue weighted by Crippen LogP contribution is -2.44. The Labute approximate surface area is 233 Å². The number of nitrogens with zero attached hydrogens (tertiary/aromatic N) is 3. The number of amides is 1. The van der Waals surface area contributed by atoms with Gasteiger partial charge in [-0.15, -0.1) is 0 Å². The molecule has 0 radical (unpaired) electrons. The van der Waals surface area contributed by atoms with Gasteiger partial charge < -0.3 is 25.3 Å². The second-order valence-electron chi connectivity index (χ2n) is 11.5. The zero-order valence-corrected chi connectivity index (χ0v) is 24.5. The molecule has 0 saturated heterocycles. The van der Waals surface area contributed by atoms with Crippen LogP contribution >= 0.6 is 0 Å². The molecule has 2 unspecified atom stereocenters. The lowest BCUT2D eigenvalue weighted by Gasteiger charge is -2.32. The van der Waals surface area contributed by atoms with Crippen LogP contribution in [0.2, 0.25) is 0 Å². The number of aromatic nitrogens is 3. The quantitative estimate of drug-likeness (QED) is 0.315. The fourth-order valence-corrected chi connectivity index (χ4v) is 5.08. The van der Waals surface area contributed by atoms with Crippen LogP contribution in [0.15, 0.2) is 43.0 Å². The predicted molar refractivity (Wildman–Crippen MR) is 159 cm³/mol. The summed E-state index contributed by atoms with van der Waals surface area (Å²) in [6, 6.07) is 8.29. The Morgan fingerprint density at radius 2 is 1.85 bits per heavy atom. The molecule has 8 heteroatoms. The highest BCUT2D eigenvalue weighted by Gasteiger charge is 2.30. The van der Waals surface area contributed by atoms with Crippen LogP contribution in [0.3, 0.4) is 0 Å². The number of hydrogen-bond acceptors (Lipinski definition) is 6. The molecule has 2 atom stereocenters. The number of carbonyl (C=O) groups excluding carboxylic acids is 2. The van der Waals surface area contributed by atoms with Crippen LogP contribution in [0, 0.1) is 0 Å². The van der Waals surface area contributed by atoms with Crippen molar-refractivity contribution in [1.29, 1.82) is 0 Å². The van der Waals surface area contributed by atoms with Crippen LogP contribution in [0.5, 0.6) is 0 Å². The monoisotopic (exact) mass is 534 g/mol. The van der Waals surface area contributed by atoms with Gasteiger partial charge in [0.15, 0.2) is 0 Å². The molecule has 1 amide bonds. The molecule has 2 aromatic heterocycles. The number of aromatic amines is 1. The smallest absolute Gasteiger partial charge is 0.247 e. The molecule has 0 aliphatic heterocycles. The van der Waals surface area contributed by atoms with E-state index in [9.17, 15) is 9.59 Å². The van der Waals surface area contributed by atoms with E-state index in [2.05, 4.69) is 77.5 Å². The summed E-state index contributed by atoms with van der Waals surface area (Å²) in [5.74, 6) is 0.00611. The van der Waals surface area contributed by atoms with Crippen molar-refractivity contribution < 1.29 is 9.59 Å². The van der Waals surface area contributed by atoms with Gasteiger partial charge in [0.1, 0.15) is 12.3 Å². The largest absolute Gasteiger partial charge is 0.359 e. The van der Waals surface area contributed by atoms with E-state index in [-0.39, 0.29) is 23.4 Å². The third-order valence-electron chi connectivity index (χ3n) is 7.52. The number of anilines is 1. The van der Waals surface area contributed by atoms with Gasteiger partial charge in [-0.25, -0.2) is 4.98 Å². The Hall–Kier alpha value is -3.26. The van der Waals surface area contributed by atoms with E-state index in [0.29, 0.717) is 0 Å². The van der Waals surface area contributed by atoms with Gasteiger partial charge in [-0.2, -0.15) is 0 Å². The maximum Gasteiger partial charge on any atom is 0.247 e. The van der Waals surface area contributed by atoms with Crippen LogP contribution in [-0.4, -0.2) is 53.3 Å². The highest BCUT2D eigenvalue weighted by atomic mass is 16.2. The highest BCUT2D eigenvalue weighted by molar-refractivity contribution is 5.91. The van der Waals surface area contributed by atoms with Crippen LogP contribution in [0.25, 0.3) is 11.0 Å². The van der Waals surface area contributed by atoms with Crippen molar-refractivity contribution in [1.82, 2.24) is 25.6 Å². The van der Waals surface area contributed by atoms with E-state index in [0.717, 1.165) is 54.3 Å². The van der Waals surface area contributed by atoms with Crippen molar-refractivity contribution in [2.45, 2.75) is 96.2 Å². The van der Waals surface area contributed by atoms with Crippen molar-refractivity contribution in [3.8, 4) is 0 Å². The fourth-order valence-electron chi connectivity index (χ4n) is 5.08. The van der Waals surface area contributed by atoms with Crippen LogP contribution < -0.4 is 15.5 Å². The molecule has 8 nitrogen and oxygen atoms in total. The topological polar surface area (TPSA) is 103 Å². The summed E-state index contributed by atoms with van der Waals surface area (Å²) < 4.78 is 0. The summed E-state index contributed by atoms with van der Waals surface area (Å²) in [6.45, 7) is 8.68. The molecule has 1 aliphatic rings. The zero-order chi connectivity index (χ0) is 28.4. The Balaban J connectivity index is 0.000000459. The van der Waals surface area contributed by atoms with Crippen molar-refractivity contribution in [2.75, 3.05) is 19.0 Å².